The van der Waals surface area contributed by atoms with Gasteiger partial charge in [0.25, 0.3) is 11.5 Å². The Morgan fingerprint density at radius 1 is 1.39 bits per heavy atom. The van der Waals surface area contributed by atoms with Gasteiger partial charge >= 0.3 is 0 Å². The Bertz CT molecular complexity index is 992. The van der Waals surface area contributed by atoms with Crippen LogP contribution in [0.2, 0.25) is 0 Å². The van der Waals surface area contributed by atoms with Crippen LogP contribution in [0.25, 0.3) is 0 Å². The first kappa shape index (κ1) is 23.4. The van der Waals surface area contributed by atoms with Gasteiger partial charge in [0.15, 0.2) is 14.6 Å². The maximum Gasteiger partial charge on any atom is 0.264 e. The number of rotatable bonds is 7. The van der Waals surface area contributed by atoms with Gasteiger partial charge in [-0.25, -0.2) is 13.9 Å². The minimum atomic E-state index is -3.85. The van der Waals surface area contributed by atoms with E-state index in [1.165, 1.54) is 35.3 Å². The number of nitrogens with one attached hydrogen (secondary N) is 1. The number of carbonyl (C=O) groups excluding carboxylic acids is 1. The van der Waals surface area contributed by atoms with Crippen molar-refractivity contribution in [3.63, 3.8) is 0 Å². The number of hydrogen-bond acceptors (Lipinski definition) is 7. The lowest BCUT2D eigenvalue weighted by molar-refractivity contribution is -0.131. The molecule has 0 aromatic carbocycles. The highest BCUT2D eigenvalue weighted by Gasteiger charge is 2.43. The van der Waals surface area contributed by atoms with Crippen molar-refractivity contribution in [3.05, 3.63) is 34.2 Å². The molecule has 1 aromatic rings. The summed E-state index contributed by atoms with van der Waals surface area (Å²) in [5.74, 6) is 9.15. The number of aliphatic hydroxyl groups is 2. The summed E-state index contributed by atoms with van der Waals surface area (Å²) in [5, 5.41) is 26.6. The lowest BCUT2D eigenvalue weighted by atomic mass is 10.1. The van der Waals surface area contributed by atoms with Gasteiger partial charge in [0, 0.05) is 37.0 Å². The molecule has 0 aliphatic rings. The van der Waals surface area contributed by atoms with E-state index in [4.69, 9.17) is 15.4 Å². The van der Waals surface area contributed by atoms with Crippen LogP contribution in [0.3, 0.4) is 0 Å². The van der Waals surface area contributed by atoms with Crippen molar-refractivity contribution in [1.29, 1.82) is 0 Å². The van der Waals surface area contributed by atoms with Crippen LogP contribution in [0, 0.1) is 23.7 Å². The second-order valence-electron chi connectivity index (χ2n) is 6.23. The van der Waals surface area contributed by atoms with Crippen LogP contribution in [-0.4, -0.2) is 58.0 Å². The van der Waals surface area contributed by atoms with E-state index in [0.717, 1.165) is 6.26 Å². The number of aromatic nitrogens is 1. The first-order chi connectivity index (χ1) is 13.0. The lowest BCUT2D eigenvalue weighted by Crippen LogP contribution is -2.49. The average Bonchev–Trinajstić information content (AvgIpc) is 2.64. The molecular formula is C18H22N2O7S. The largest absolute Gasteiger partial charge is 0.394 e. The molecule has 0 saturated heterocycles. The molecule has 1 heterocycles. The topological polar surface area (TPSA) is 146 Å². The molecule has 0 spiro atoms. The molecule has 0 aliphatic carbocycles. The molecule has 1 rings (SSSR count). The molecule has 10 heteroatoms. The maximum absolute atomic E-state index is 12.2. The van der Waals surface area contributed by atoms with Gasteiger partial charge in [-0.3, -0.25) is 14.8 Å². The highest BCUT2D eigenvalue weighted by Crippen LogP contribution is 2.21. The van der Waals surface area contributed by atoms with Crippen molar-refractivity contribution in [3.8, 4) is 23.7 Å². The molecular weight excluding hydrogens is 388 g/mol. The van der Waals surface area contributed by atoms with Crippen molar-refractivity contribution in [2.45, 2.75) is 37.2 Å². The minimum Gasteiger partial charge on any atom is -0.394 e. The van der Waals surface area contributed by atoms with Crippen molar-refractivity contribution in [1.82, 2.24) is 10.0 Å². The normalized spacial score (nSPS) is 13.9. The van der Waals surface area contributed by atoms with Crippen LogP contribution in [0.5, 0.6) is 0 Å². The van der Waals surface area contributed by atoms with Crippen LogP contribution < -0.4 is 11.0 Å². The maximum atomic E-state index is 12.2. The predicted molar refractivity (Wildman–Crippen MR) is 101 cm³/mol. The standard InChI is InChI=1S/C18H22N2O7S/c1-18(17(24)19-25,28(2,26)27)9-11-20-10-8-14(12-16(20)23)6-4-3-5-7-15(22)13-21/h8,10,12,15,21-22,25H,7,9,11,13H2,1-2H3,(H,19,24). The molecule has 2 atom stereocenters. The summed E-state index contributed by atoms with van der Waals surface area (Å²) in [6.45, 7) is 0.715. The summed E-state index contributed by atoms with van der Waals surface area (Å²) in [5.41, 5.74) is 1.29. The van der Waals surface area contributed by atoms with E-state index in [1.54, 1.807) is 0 Å². The van der Waals surface area contributed by atoms with Crippen molar-refractivity contribution in [2.24, 2.45) is 0 Å². The smallest absolute Gasteiger partial charge is 0.264 e. The number of nitrogens with zero attached hydrogens (tertiary/aromatic N) is 1. The van der Waals surface area contributed by atoms with Gasteiger partial charge in [-0.05, 0) is 31.3 Å². The number of hydroxylamine groups is 1. The number of sulfone groups is 1. The van der Waals surface area contributed by atoms with Gasteiger partial charge in [0.2, 0.25) is 0 Å². The molecule has 9 nitrogen and oxygen atoms in total. The Morgan fingerprint density at radius 3 is 2.61 bits per heavy atom. The molecule has 1 amide bonds. The Hall–Kier alpha value is -2.63. The monoisotopic (exact) mass is 410 g/mol. The van der Waals surface area contributed by atoms with Crippen LogP contribution >= 0.6 is 0 Å². The molecule has 2 unspecified atom stereocenters. The summed E-state index contributed by atoms with van der Waals surface area (Å²) in [6.07, 6.45) is 1.22. The minimum absolute atomic E-state index is 0.0671. The first-order valence-electron chi connectivity index (χ1n) is 8.17. The zero-order chi connectivity index (χ0) is 21.4. The quantitative estimate of drug-likeness (QED) is 0.247. The number of amides is 1. The Morgan fingerprint density at radius 2 is 2.07 bits per heavy atom. The van der Waals surface area contributed by atoms with E-state index in [2.05, 4.69) is 23.7 Å². The fourth-order valence-electron chi connectivity index (χ4n) is 2.07. The van der Waals surface area contributed by atoms with Gasteiger partial charge in [-0.15, -0.1) is 0 Å². The Balaban J connectivity index is 2.91. The molecule has 0 saturated carbocycles. The summed E-state index contributed by atoms with van der Waals surface area (Å²) in [6, 6.07) is 2.77. The third-order valence-electron chi connectivity index (χ3n) is 4.13. The zero-order valence-corrected chi connectivity index (χ0v) is 16.3. The Kier molecular flexibility index (Phi) is 8.41. The first-order valence-corrected chi connectivity index (χ1v) is 10.1. The molecule has 28 heavy (non-hydrogen) atoms. The van der Waals surface area contributed by atoms with Gasteiger partial charge in [-0.2, -0.15) is 0 Å². The highest BCUT2D eigenvalue weighted by atomic mass is 32.2. The second kappa shape index (κ2) is 10.1. The van der Waals surface area contributed by atoms with E-state index in [0.29, 0.717) is 5.56 Å². The third-order valence-corrected chi connectivity index (χ3v) is 6.16. The number of aliphatic hydroxyl groups excluding tert-OH is 2. The number of carbonyl (C=O) groups is 1. The molecule has 1 aromatic heterocycles. The molecule has 0 radical (unpaired) electrons. The van der Waals surface area contributed by atoms with E-state index in [9.17, 15) is 18.0 Å². The SMILES string of the molecule is CC(CCn1ccc(C#CC#CCC(O)CO)cc1=O)(C(=O)NO)S(C)(=O)=O. The second-order valence-corrected chi connectivity index (χ2v) is 8.68. The molecule has 0 fully saturated rings. The summed E-state index contributed by atoms with van der Waals surface area (Å²) < 4.78 is 23.2. The van der Waals surface area contributed by atoms with Gasteiger partial charge < -0.3 is 14.8 Å². The van der Waals surface area contributed by atoms with Gasteiger partial charge in [0.05, 0.1) is 12.7 Å². The van der Waals surface area contributed by atoms with E-state index < -0.39 is 38.8 Å². The van der Waals surface area contributed by atoms with Crippen LogP contribution in [0.4, 0.5) is 0 Å². The third kappa shape index (κ3) is 6.22. The summed E-state index contributed by atoms with van der Waals surface area (Å²) >= 11 is 0. The van der Waals surface area contributed by atoms with Crippen molar-refractivity contribution < 1.29 is 28.6 Å². The molecule has 0 bridgehead atoms. The van der Waals surface area contributed by atoms with E-state index >= 15 is 0 Å². The van der Waals surface area contributed by atoms with E-state index in [-0.39, 0.29) is 19.4 Å². The summed E-state index contributed by atoms with van der Waals surface area (Å²) in [7, 11) is -3.85. The predicted octanol–water partition coefficient (Wildman–Crippen LogP) is -1.35. The number of hydrogen-bond donors (Lipinski definition) is 4. The van der Waals surface area contributed by atoms with E-state index in [1.807, 2.05) is 0 Å². The zero-order valence-electron chi connectivity index (χ0n) is 15.5. The fraction of sp³-hybridized carbons (Fsp3) is 0.444. The van der Waals surface area contributed by atoms with Gasteiger partial charge in [0.1, 0.15) is 0 Å². The van der Waals surface area contributed by atoms with Crippen LogP contribution in [0.1, 0.15) is 25.3 Å². The van der Waals surface area contributed by atoms with Crippen LogP contribution in [0.15, 0.2) is 23.1 Å². The lowest BCUT2D eigenvalue weighted by Gasteiger charge is -2.25. The molecule has 152 valence electrons. The Labute approximate surface area is 162 Å². The van der Waals surface area contributed by atoms with Gasteiger partial charge in [-0.1, -0.05) is 11.8 Å². The van der Waals surface area contributed by atoms with Crippen molar-refractivity contribution in [2.75, 3.05) is 12.9 Å². The molecule has 0 aliphatic heterocycles. The summed E-state index contributed by atoms with van der Waals surface area (Å²) in [4.78, 5) is 23.9. The van der Waals surface area contributed by atoms with Crippen molar-refractivity contribution >= 4 is 15.7 Å². The number of aryl methyl sites for hydroxylation is 1. The highest BCUT2D eigenvalue weighted by molar-refractivity contribution is 7.92. The van der Waals surface area contributed by atoms with Crippen LogP contribution in [-0.2, 0) is 21.2 Å². The fourth-order valence-corrected chi connectivity index (χ4v) is 2.92. The average molecular weight is 410 g/mol. The number of pyridine rings is 1. The molecule has 4 N–H and O–H groups in total.